The Morgan fingerprint density at radius 2 is 0.909 bits per heavy atom. The Bertz CT molecular complexity index is 195. The first-order chi connectivity index (χ1) is 10.5. The lowest BCUT2D eigenvalue weighted by atomic mass is 9.80. The zero-order valence-corrected chi connectivity index (χ0v) is 16.7. The SMILES string of the molecule is CCCCCCCCC(CCCCCCCC)CC(C)(C)C. The maximum absolute atomic E-state index is 2.42. The molecule has 0 aliphatic rings. The normalized spacial score (nSPS) is 12.3. The van der Waals surface area contributed by atoms with E-state index >= 15 is 0 Å². The molecular formula is C22H46. The van der Waals surface area contributed by atoms with Crippen molar-refractivity contribution in [3.63, 3.8) is 0 Å². The van der Waals surface area contributed by atoms with Crippen molar-refractivity contribution in [3.05, 3.63) is 0 Å². The molecule has 0 bridgehead atoms. The highest BCUT2D eigenvalue weighted by molar-refractivity contribution is 4.70. The Morgan fingerprint density at radius 1 is 0.545 bits per heavy atom. The lowest BCUT2D eigenvalue weighted by Gasteiger charge is -2.26. The van der Waals surface area contributed by atoms with Crippen LogP contribution in [0.2, 0.25) is 0 Å². The van der Waals surface area contributed by atoms with Crippen LogP contribution in [0.1, 0.15) is 131 Å². The first kappa shape index (κ1) is 22.0. The fraction of sp³-hybridized carbons (Fsp3) is 1.00. The molecule has 0 aliphatic carbocycles. The van der Waals surface area contributed by atoms with Crippen LogP contribution in [0.25, 0.3) is 0 Å². The molecule has 0 N–H and O–H groups in total. The summed E-state index contributed by atoms with van der Waals surface area (Å²) in [6.45, 7) is 11.9. The van der Waals surface area contributed by atoms with Crippen LogP contribution in [0, 0.1) is 11.3 Å². The summed E-state index contributed by atoms with van der Waals surface area (Å²) in [5.74, 6) is 0.984. The molecule has 0 saturated carbocycles. The van der Waals surface area contributed by atoms with Gasteiger partial charge in [-0.1, -0.05) is 125 Å². The molecule has 0 spiro atoms. The number of unbranched alkanes of at least 4 members (excludes halogenated alkanes) is 10. The highest BCUT2D eigenvalue weighted by Crippen LogP contribution is 2.31. The molecule has 0 aromatic heterocycles. The molecule has 0 saturated heterocycles. The van der Waals surface area contributed by atoms with Gasteiger partial charge >= 0.3 is 0 Å². The summed E-state index contributed by atoms with van der Waals surface area (Å²) in [4.78, 5) is 0. The Morgan fingerprint density at radius 3 is 1.27 bits per heavy atom. The Kier molecular flexibility index (Phi) is 14.6. The summed E-state index contributed by atoms with van der Waals surface area (Å²) in [6.07, 6.45) is 21.7. The van der Waals surface area contributed by atoms with Gasteiger partial charge in [0.2, 0.25) is 0 Å². The molecule has 0 unspecified atom stereocenters. The number of rotatable bonds is 15. The van der Waals surface area contributed by atoms with E-state index in [9.17, 15) is 0 Å². The van der Waals surface area contributed by atoms with Gasteiger partial charge in [0.25, 0.3) is 0 Å². The third-order valence-electron chi connectivity index (χ3n) is 4.83. The van der Waals surface area contributed by atoms with E-state index in [4.69, 9.17) is 0 Å². The van der Waals surface area contributed by atoms with E-state index in [1.165, 1.54) is 96.3 Å². The highest BCUT2D eigenvalue weighted by Gasteiger charge is 2.18. The third-order valence-corrected chi connectivity index (χ3v) is 4.83. The van der Waals surface area contributed by atoms with Gasteiger partial charge in [0.15, 0.2) is 0 Å². The van der Waals surface area contributed by atoms with Gasteiger partial charge in [0.05, 0.1) is 0 Å². The molecule has 0 atom stereocenters. The largest absolute Gasteiger partial charge is 0.0654 e. The van der Waals surface area contributed by atoms with Crippen LogP contribution in [0.15, 0.2) is 0 Å². The average Bonchev–Trinajstić information content (AvgIpc) is 2.44. The Labute approximate surface area is 142 Å². The van der Waals surface area contributed by atoms with E-state index in [0.717, 1.165) is 5.92 Å². The minimum absolute atomic E-state index is 0.509. The van der Waals surface area contributed by atoms with Gasteiger partial charge in [-0.15, -0.1) is 0 Å². The van der Waals surface area contributed by atoms with Crippen molar-refractivity contribution >= 4 is 0 Å². The second-order valence-corrected chi connectivity index (χ2v) is 8.74. The van der Waals surface area contributed by atoms with Crippen molar-refractivity contribution in [2.24, 2.45) is 11.3 Å². The molecule has 0 radical (unpaired) electrons. The zero-order valence-electron chi connectivity index (χ0n) is 16.7. The molecule has 0 aliphatic heterocycles. The summed E-state index contributed by atoms with van der Waals surface area (Å²) in [7, 11) is 0. The molecule has 0 amide bonds. The van der Waals surface area contributed by atoms with E-state index in [-0.39, 0.29) is 0 Å². The quantitative estimate of drug-likeness (QED) is 0.266. The summed E-state index contributed by atoms with van der Waals surface area (Å²) >= 11 is 0. The average molecular weight is 311 g/mol. The van der Waals surface area contributed by atoms with Crippen LogP contribution >= 0.6 is 0 Å². The molecule has 0 rings (SSSR count). The van der Waals surface area contributed by atoms with Crippen LogP contribution in [-0.4, -0.2) is 0 Å². The van der Waals surface area contributed by atoms with Crippen LogP contribution in [0.3, 0.4) is 0 Å². The highest BCUT2D eigenvalue weighted by atomic mass is 14.2. The second kappa shape index (κ2) is 14.6. The maximum atomic E-state index is 2.42. The molecule has 134 valence electrons. The lowest BCUT2D eigenvalue weighted by molar-refractivity contribution is 0.259. The minimum Gasteiger partial charge on any atom is -0.0654 e. The van der Waals surface area contributed by atoms with Crippen molar-refractivity contribution in [3.8, 4) is 0 Å². The number of hydrogen-bond donors (Lipinski definition) is 0. The van der Waals surface area contributed by atoms with Gasteiger partial charge in [0.1, 0.15) is 0 Å². The fourth-order valence-corrected chi connectivity index (χ4v) is 3.64. The molecule has 0 fully saturated rings. The summed E-state index contributed by atoms with van der Waals surface area (Å²) in [5.41, 5.74) is 0.509. The van der Waals surface area contributed by atoms with Crippen molar-refractivity contribution in [2.75, 3.05) is 0 Å². The van der Waals surface area contributed by atoms with Gasteiger partial charge < -0.3 is 0 Å². The molecule has 0 aromatic rings. The smallest absolute Gasteiger partial charge is 0.0380 e. The fourth-order valence-electron chi connectivity index (χ4n) is 3.64. The Balaban J connectivity index is 3.80. The summed E-state index contributed by atoms with van der Waals surface area (Å²) in [5, 5.41) is 0. The van der Waals surface area contributed by atoms with Gasteiger partial charge in [-0.05, 0) is 17.8 Å². The van der Waals surface area contributed by atoms with Crippen LogP contribution in [0.4, 0.5) is 0 Å². The third kappa shape index (κ3) is 16.4. The Hall–Kier alpha value is 0. The first-order valence-corrected chi connectivity index (χ1v) is 10.5. The van der Waals surface area contributed by atoms with Crippen LogP contribution in [-0.2, 0) is 0 Å². The molecule has 0 aromatic carbocycles. The predicted molar refractivity (Wildman–Crippen MR) is 104 cm³/mol. The predicted octanol–water partition coefficient (Wildman–Crippen LogP) is 8.54. The van der Waals surface area contributed by atoms with E-state index in [0.29, 0.717) is 5.41 Å². The molecule has 0 heterocycles. The minimum atomic E-state index is 0.509. The van der Waals surface area contributed by atoms with Gasteiger partial charge in [-0.2, -0.15) is 0 Å². The van der Waals surface area contributed by atoms with E-state index < -0.39 is 0 Å². The molecule has 0 heteroatoms. The first-order valence-electron chi connectivity index (χ1n) is 10.5. The standard InChI is InChI=1S/C22H46/c1-6-8-10-12-14-16-18-21(20-22(3,4)5)19-17-15-13-11-9-7-2/h21H,6-20H2,1-5H3. The van der Waals surface area contributed by atoms with E-state index in [1.54, 1.807) is 0 Å². The van der Waals surface area contributed by atoms with Gasteiger partial charge in [-0.25, -0.2) is 0 Å². The van der Waals surface area contributed by atoms with Crippen LogP contribution in [0.5, 0.6) is 0 Å². The number of hydrogen-bond acceptors (Lipinski definition) is 0. The second-order valence-electron chi connectivity index (χ2n) is 8.74. The lowest BCUT2D eigenvalue weighted by Crippen LogP contribution is -2.13. The van der Waals surface area contributed by atoms with Crippen LogP contribution < -0.4 is 0 Å². The summed E-state index contributed by atoms with van der Waals surface area (Å²) in [6, 6.07) is 0. The molecular weight excluding hydrogens is 264 g/mol. The van der Waals surface area contributed by atoms with E-state index in [1.807, 2.05) is 0 Å². The molecule has 0 nitrogen and oxygen atoms in total. The monoisotopic (exact) mass is 310 g/mol. The van der Waals surface area contributed by atoms with Gasteiger partial charge in [-0.3, -0.25) is 0 Å². The summed E-state index contributed by atoms with van der Waals surface area (Å²) < 4.78 is 0. The molecule has 22 heavy (non-hydrogen) atoms. The topological polar surface area (TPSA) is 0 Å². The van der Waals surface area contributed by atoms with Gasteiger partial charge in [0, 0.05) is 0 Å². The zero-order chi connectivity index (χ0) is 16.7. The van der Waals surface area contributed by atoms with Crippen molar-refractivity contribution in [1.82, 2.24) is 0 Å². The van der Waals surface area contributed by atoms with Crippen molar-refractivity contribution < 1.29 is 0 Å². The van der Waals surface area contributed by atoms with E-state index in [2.05, 4.69) is 34.6 Å². The maximum Gasteiger partial charge on any atom is -0.0380 e. The van der Waals surface area contributed by atoms with Crippen molar-refractivity contribution in [2.45, 2.75) is 131 Å². The van der Waals surface area contributed by atoms with Crippen molar-refractivity contribution in [1.29, 1.82) is 0 Å².